The highest BCUT2D eigenvalue weighted by atomic mass is 32.2. The molecule has 0 atom stereocenters. The number of anilines is 1. The number of carbonyl (C=O) groups is 2. The van der Waals surface area contributed by atoms with Crippen LogP contribution < -0.4 is 20.1 Å². The van der Waals surface area contributed by atoms with E-state index in [0.717, 1.165) is 0 Å². The van der Waals surface area contributed by atoms with Crippen molar-refractivity contribution in [1.29, 1.82) is 0 Å². The van der Waals surface area contributed by atoms with Crippen LogP contribution in [0.15, 0.2) is 53.4 Å². The summed E-state index contributed by atoms with van der Waals surface area (Å²) in [6.45, 7) is 4.76. The van der Waals surface area contributed by atoms with Gasteiger partial charge in [-0.25, -0.2) is 13.2 Å². The summed E-state index contributed by atoms with van der Waals surface area (Å²) in [7, 11) is -3.80. The van der Waals surface area contributed by atoms with Gasteiger partial charge in [0.1, 0.15) is 5.75 Å². The number of carbonyl (C=O) groups excluding carboxylic acids is 2. The first kappa shape index (κ1) is 23.0. The molecule has 0 aliphatic heterocycles. The first-order chi connectivity index (χ1) is 14.4. The molecule has 162 valence electrons. The lowest BCUT2D eigenvalue weighted by molar-refractivity contribution is 0.0952. The molecule has 2 aromatic rings. The van der Waals surface area contributed by atoms with Crippen molar-refractivity contribution in [3.8, 4) is 5.75 Å². The molecule has 0 fully saturated rings. The number of amides is 2. The highest BCUT2D eigenvalue weighted by Crippen LogP contribution is 2.20. The molecule has 3 N–H and O–H groups in total. The number of rotatable bonds is 10. The van der Waals surface area contributed by atoms with Gasteiger partial charge in [0.2, 0.25) is 0 Å². The van der Waals surface area contributed by atoms with E-state index in [1.54, 1.807) is 31.2 Å². The molecular weight excluding hydrogens is 410 g/mol. The second-order valence-corrected chi connectivity index (χ2v) is 7.67. The van der Waals surface area contributed by atoms with Gasteiger partial charge in [0.15, 0.2) is 0 Å². The Bertz CT molecular complexity index is 944. The number of sulfonamides is 1. The summed E-state index contributed by atoms with van der Waals surface area (Å²) in [5.74, 6) is 0.261. The fourth-order valence-corrected chi connectivity index (χ4v) is 3.47. The molecule has 0 bridgehead atoms. The standard InChI is InChI=1S/C20H25N3O6S/c1-3-28-17-9-7-16(8-10-17)23-30(26,27)18-11-5-15(6-12-18)19(24)21-13-14-22-20(25)29-4-2/h5-12,23H,3-4,13-14H2,1-2H3,(H,21,24)(H,22,25). The zero-order valence-electron chi connectivity index (χ0n) is 16.8. The third kappa shape index (κ3) is 6.96. The molecule has 30 heavy (non-hydrogen) atoms. The summed E-state index contributed by atoms with van der Waals surface area (Å²) in [4.78, 5) is 23.3. The van der Waals surface area contributed by atoms with E-state index in [4.69, 9.17) is 9.47 Å². The van der Waals surface area contributed by atoms with E-state index >= 15 is 0 Å². The Balaban J connectivity index is 1.91. The van der Waals surface area contributed by atoms with Crippen LogP contribution >= 0.6 is 0 Å². The van der Waals surface area contributed by atoms with E-state index in [-0.39, 0.29) is 30.5 Å². The maximum Gasteiger partial charge on any atom is 0.407 e. The summed E-state index contributed by atoms with van der Waals surface area (Å²) >= 11 is 0. The van der Waals surface area contributed by atoms with E-state index in [9.17, 15) is 18.0 Å². The highest BCUT2D eigenvalue weighted by Gasteiger charge is 2.15. The number of hydrogen-bond acceptors (Lipinski definition) is 6. The lowest BCUT2D eigenvalue weighted by Crippen LogP contribution is -2.35. The average Bonchev–Trinajstić information content (AvgIpc) is 2.73. The minimum Gasteiger partial charge on any atom is -0.494 e. The van der Waals surface area contributed by atoms with Crippen molar-refractivity contribution in [3.63, 3.8) is 0 Å². The van der Waals surface area contributed by atoms with Crippen molar-refractivity contribution in [1.82, 2.24) is 10.6 Å². The van der Waals surface area contributed by atoms with Crippen LogP contribution in [0.3, 0.4) is 0 Å². The first-order valence-electron chi connectivity index (χ1n) is 9.40. The monoisotopic (exact) mass is 435 g/mol. The molecule has 0 radical (unpaired) electrons. The van der Waals surface area contributed by atoms with Gasteiger partial charge < -0.3 is 20.1 Å². The fourth-order valence-electron chi connectivity index (χ4n) is 2.41. The second kappa shape index (κ2) is 11.1. The number of nitrogens with one attached hydrogen (secondary N) is 3. The molecule has 0 spiro atoms. The number of alkyl carbamates (subject to hydrolysis) is 1. The SMILES string of the molecule is CCOC(=O)NCCNC(=O)c1ccc(S(=O)(=O)Nc2ccc(OCC)cc2)cc1. The average molecular weight is 436 g/mol. The van der Waals surface area contributed by atoms with Crippen molar-refractivity contribution < 1.29 is 27.5 Å². The second-order valence-electron chi connectivity index (χ2n) is 5.99. The van der Waals surface area contributed by atoms with Crippen LogP contribution in [0, 0.1) is 0 Å². The summed E-state index contributed by atoms with van der Waals surface area (Å²) in [5.41, 5.74) is 0.695. The predicted octanol–water partition coefficient (Wildman–Crippen LogP) is 2.36. The Hall–Kier alpha value is -3.27. The van der Waals surface area contributed by atoms with Gasteiger partial charge in [-0.1, -0.05) is 0 Å². The quantitative estimate of drug-likeness (QED) is 0.493. The zero-order chi connectivity index (χ0) is 22.0. The first-order valence-corrected chi connectivity index (χ1v) is 10.9. The van der Waals surface area contributed by atoms with Crippen LogP contribution in [0.25, 0.3) is 0 Å². The van der Waals surface area contributed by atoms with Crippen LogP contribution in [-0.4, -0.2) is 46.7 Å². The Labute approximate surface area is 175 Å². The summed E-state index contributed by atoms with van der Waals surface area (Å²) in [6, 6.07) is 12.1. The fraction of sp³-hybridized carbons (Fsp3) is 0.300. The van der Waals surface area contributed by atoms with Gasteiger partial charge in [-0.2, -0.15) is 0 Å². The Morgan fingerprint density at radius 1 is 0.867 bits per heavy atom. The Kier molecular flexibility index (Phi) is 8.48. The predicted molar refractivity (Wildman–Crippen MR) is 112 cm³/mol. The topological polar surface area (TPSA) is 123 Å². The van der Waals surface area contributed by atoms with Gasteiger partial charge in [0.25, 0.3) is 15.9 Å². The molecule has 0 aliphatic carbocycles. The normalized spacial score (nSPS) is 10.7. The molecule has 2 aromatic carbocycles. The Morgan fingerprint density at radius 2 is 1.50 bits per heavy atom. The van der Waals surface area contributed by atoms with Crippen molar-refractivity contribution in [2.24, 2.45) is 0 Å². The minimum absolute atomic E-state index is 0.0249. The molecule has 2 amide bonds. The molecule has 0 heterocycles. The lowest BCUT2D eigenvalue weighted by atomic mass is 10.2. The molecule has 0 aliphatic rings. The third-order valence-corrected chi connectivity index (χ3v) is 5.20. The molecule has 0 aromatic heterocycles. The maximum atomic E-state index is 12.5. The van der Waals surface area contributed by atoms with Gasteiger partial charge >= 0.3 is 6.09 Å². The summed E-state index contributed by atoms with van der Waals surface area (Å²) in [5, 5.41) is 5.11. The molecule has 0 saturated carbocycles. The molecule has 10 heteroatoms. The van der Waals surface area contributed by atoms with Crippen molar-refractivity contribution in [2.75, 3.05) is 31.0 Å². The summed E-state index contributed by atoms with van der Waals surface area (Å²) < 4.78 is 37.6. The van der Waals surface area contributed by atoms with Gasteiger partial charge in [-0.05, 0) is 62.4 Å². The van der Waals surface area contributed by atoms with Crippen molar-refractivity contribution >= 4 is 27.7 Å². The van der Waals surface area contributed by atoms with E-state index in [1.165, 1.54) is 24.3 Å². The molecule has 9 nitrogen and oxygen atoms in total. The molecule has 0 unspecified atom stereocenters. The van der Waals surface area contributed by atoms with E-state index in [1.807, 2.05) is 6.92 Å². The van der Waals surface area contributed by atoms with Gasteiger partial charge in [0.05, 0.1) is 18.1 Å². The van der Waals surface area contributed by atoms with E-state index in [2.05, 4.69) is 15.4 Å². The molecule has 0 saturated heterocycles. The highest BCUT2D eigenvalue weighted by molar-refractivity contribution is 7.92. The molecule has 2 rings (SSSR count). The number of benzene rings is 2. The van der Waals surface area contributed by atoms with Crippen molar-refractivity contribution in [3.05, 3.63) is 54.1 Å². The van der Waals surface area contributed by atoms with Gasteiger partial charge in [0, 0.05) is 24.3 Å². The van der Waals surface area contributed by atoms with E-state index < -0.39 is 16.1 Å². The lowest BCUT2D eigenvalue weighted by Gasteiger charge is -2.10. The number of hydrogen-bond donors (Lipinski definition) is 3. The van der Waals surface area contributed by atoms with Crippen LogP contribution in [0.1, 0.15) is 24.2 Å². The maximum absolute atomic E-state index is 12.5. The smallest absolute Gasteiger partial charge is 0.407 e. The van der Waals surface area contributed by atoms with Crippen LogP contribution in [-0.2, 0) is 14.8 Å². The van der Waals surface area contributed by atoms with Crippen LogP contribution in [0.2, 0.25) is 0 Å². The Morgan fingerprint density at radius 3 is 2.10 bits per heavy atom. The zero-order valence-corrected chi connectivity index (χ0v) is 17.6. The largest absolute Gasteiger partial charge is 0.494 e. The van der Waals surface area contributed by atoms with E-state index in [0.29, 0.717) is 23.6 Å². The number of ether oxygens (including phenoxy) is 2. The summed E-state index contributed by atoms with van der Waals surface area (Å²) in [6.07, 6.45) is -0.554. The van der Waals surface area contributed by atoms with Crippen molar-refractivity contribution in [2.45, 2.75) is 18.7 Å². The van der Waals surface area contributed by atoms with Gasteiger partial charge in [-0.3, -0.25) is 9.52 Å². The molecular formula is C20H25N3O6S. The van der Waals surface area contributed by atoms with Gasteiger partial charge in [-0.15, -0.1) is 0 Å². The van der Waals surface area contributed by atoms with Crippen LogP contribution in [0.5, 0.6) is 5.75 Å². The third-order valence-electron chi connectivity index (χ3n) is 3.80. The van der Waals surface area contributed by atoms with Crippen LogP contribution in [0.4, 0.5) is 10.5 Å². The minimum atomic E-state index is -3.80.